The Labute approximate surface area is 132 Å². The molecule has 7 nitrogen and oxygen atoms in total. The van der Waals surface area contributed by atoms with Gasteiger partial charge >= 0.3 is 0 Å². The maximum Gasteiger partial charge on any atom is 0.252 e. The van der Waals surface area contributed by atoms with Gasteiger partial charge in [0.2, 0.25) is 0 Å². The predicted octanol–water partition coefficient (Wildman–Crippen LogP) is 0.483. The first kappa shape index (κ1) is 15.6. The molecule has 0 amide bonds. The number of aliphatic hydroxyl groups excluding tert-OH is 2. The van der Waals surface area contributed by atoms with Crippen LogP contribution in [0, 0.1) is 6.92 Å². The summed E-state index contributed by atoms with van der Waals surface area (Å²) in [6.45, 7) is 2.44. The van der Waals surface area contributed by atoms with Crippen molar-refractivity contribution in [3.05, 3.63) is 34.5 Å². The highest BCUT2D eigenvalue weighted by Crippen LogP contribution is 2.27. The predicted molar refractivity (Wildman–Crippen MR) is 80.9 cm³/mol. The van der Waals surface area contributed by atoms with Crippen molar-refractivity contribution in [2.45, 2.75) is 30.3 Å². The molecule has 0 spiro atoms. The molecule has 0 saturated carbocycles. The number of hydrogen-bond donors (Lipinski definition) is 2. The molecule has 2 aromatic rings. The average molecular weight is 343 g/mol. The van der Waals surface area contributed by atoms with Gasteiger partial charge in [0.25, 0.3) is 10.0 Å². The van der Waals surface area contributed by atoms with Crippen LogP contribution in [0.5, 0.6) is 0 Å². The molecule has 0 saturated heterocycles. The minimum atomic E-state index is -3.50. The van der Waals surface area contributed by atoms with Crippen LogP contribution < -0.4 is 0 Å². The van der Waals surface area contributed by atoms with Gasteiger partial charge in [-0.15, -0.1) is 11.3 Å². The summed E-state index contributed by atoms with van der Waals surface area (Å²) >= 11 is 1.26. The van der Waals surface area contributed by atoms with Gasteiger partial charge in [-0.1, -0.05) is 0 Å². The van der Waals surface area contributed by atoms with E-state index in [1.165, 1.54) is 15.6 Å². The Balaban J connectivity index is 1.86. The van der Waals surface area contributed by atoms with E-state index in [9.17, 15) is 13.5 Å². The maximum atomic E-state index is 12.6. The smallest absolute Gasteiger partial charge is 0.252 e. The molecule has 9 heteroatoms. The highest BCUT2D eigenvalue weighted by atomic mass is 32.2. The molecule has 0 unspecified atom stereocenters. The monoisotopic (exact) mass is 343 g/mol. The largest absolute Gasteiger partial charge is 0.393 e. The first-order chi connectivity index (χ1) is 10.4. The fraction of sp³-hybridized carbons (Fsp3) is 0.462. The van der Waals surface area contributed by atoms with Crippen LogP contribution in [-0.4, -0.2) is 45.9 Å². The second-order valence-electron chi connectivity index (χ2n) is 5.19. The molecule has 3 heterocycles. The molecular formula is C13H17N3O4S2. The van der Waals surface area contributed by atoms with Gasteiger partial charge in [-0.2, -0.15) is 9.40 Å². The number of fused-ring (bicyclic) bond motifs is 1. The molecule has 2 aromatic heterocycles. The Bertz CT molecular complexity index is 781. The minimum absolute atomic E-state index is 0.213. The summed E-state index contributed by atoms with van der Waals surface area (Å²) in [5, 5.41) is 22.8. The van der Waals surface area contributed by atoms with Crippen molar-refractivity contribution in [3.8, 4) is 0 Å². The van der Waals surface area contributed by atoms with Crippen molar-refractivity contribution in [3.63, 3.8) is 0 Å². The van der Waals surface area contributed by atoms with E-state index in [0.717, 1.165) is 4.88 Å². The molecule has 2 N–H and O–H groups in total. The van der Waals surface area contributed by atoms with E-state index in [0.29, 0.717) is 28.7 Å². The van der Waals surface area contributed by atoms with Crippen LogP contribution >= 0.6 is 11.3 Å². The van der Waals surface area contributed by atoms with Crippen LogP contribution in [0.1, 0.15) is 22.4 Å². The molecule has 0 fully saturated rings. The number of aliphatic hydroxyl groups is 2. The Morgan fingerprint density at radius 3 is 2.82 bits per heavy atom. The lowest BCUT2D eigenvalue weighted by Crippen LogP contribution is -2.38. The van der Waals surface area contributed by atoms with E-state index in [1.807, 2.05) is 6.92 Å². The number of nitrogens with zero attached hydrogens (tertiary/aromatic N) is 3. The van der Waals surface area contributed by atoms with Crippen molar-refractivity contribution in [2.24, 2.45) is 0 Å². The summed E-state index contributed by atoms with van der Waals surface area (Å²) in [5.41, 5.74) is 1.08. The normalized spacial score (nSPS) is 17.4. The number of aromatic nitrogens is 2. The molecule has 0 aliphatic carbocycles. The third kappa shape index (κ3) is 2.70. The highest BCUT2D eigenvalue weighted by molar-refractivity contribution is 7.91. The Morgan fingerprint density at radius 1 is 1.41 bits per heavy atom. The summed E-state index contributed by atoms with van der Waals surface area (Å²) in [5.74, 6) is 0. The van der Waals surface area contributed by atoms with Crippen LogP contribution in [0.3, 0.4) is 0 Å². The standard InChI is InChI=1S/C13H17N3O4S2/c1-9-2-3-13(21-9)22(19,20)15-4-5-16-10(7-15)6-11(14-16)12(18)8-17/h2-3,6,12,17-18H,4-5,7-8H2,1H3/t12-/m1/s1. The lowest BCUT2D eigenvalue weighted by atomic mass is 10.2. The number of hydrogen-bond acceptors (Lipinski definition) is 6. The molecular weight excluding hydrogens is 326 g/mol. The lowest BCUT2D eigenvalue weighted by Gasteiger charge is -2.26. The molecule has 120 valence electrons. The Kier molecular flexibility index (Phi) is 4.08. The van der Waals surface area contributed by atoms with Gasteiger partial charge in [0.15, 0.2) is 0 Å². The minimum Gasteiger partial charge on any atom is -0.393 e. The SMILES string of the molecule is Cc1ccc(S(=O)(=O)N2CCn3nc([C@H](O)CO)cc3C2)s1. The molecule has 0 aromatic carbocycles. The van der Waals surface area contributed by atoms with Gasteiger partial charge in [0.05, 0.1) is 31.1 Å². The fourth-order valence-electron chi connectivity index (χ4n) is 2.40. The zero-order valence-electron chi connectivity index (χ0n) is 12.0. The molecule has 1 aliphatic rings. The van der Waals surface area contributed by atoms with E-state index < -0.39 is 22.7 Å². The van der Waals surface area contributed by atoms with Crippen LogP contribution in [-0.2, 0) is 23.1 Å². The molecule has 1 atom stereocenters. The summed E-state index contributed by atoms with van der Waals surface area (Å²) in [7, 11) is -3.50. The number of thiophene rings is 1. The second kappa shape index (κ2) is 5.74. The van der Waals surface area contributed by atoms with Gasteiger partial charge in [-0.25, -0.2) is 8.42 Å². The topological polar surface area (TPSA) is 95.7 Å². The van der Waals surface area contributed by atoms with Crippen molar-refractivity contribution in [1.29, 1.82) is 0 Å². The summed E-state index contributed by atoms with van der Waals surface area (Å²) in [4.78, 5) is 0.953. The van der Waals surface area contributed by atoms with Gasteiger partial charge in [-0.05, 0) is 25.1 Å². The maximum absolute atomic E-state index is 12.6. The van der Waals surface area contributed by atoms with Gasteiger partial charge in [0.1, 0.15) is 10.3 Å². The summed E-state index contributed by atoms with van der Waals surface area (Å²) in [6.07, 6.45) is -1.04. The van der Waals surface area contributed by atoms with Crippen molar-refractivity contribution < 1.29 is 18.6 Å². The number of sulfonamides is 1. The molecule has 0 bridgehead atoms. The van der Waals surface area contributed by atoms with Crippen molar-refractivity contribution >= 4 is 21.4 Å². The van der Waals surface area contributed by atoms with Crippen molar-refractivity contribution in [2.75, 3.05) is 13.2 Å². The molecule has 0 radical (unpaired) electrons. The molecule has 3 rings (SSSR count). The summed E-state index contributed by atoms with van der Waals surface area (Å²) < 4.78 is 28.7. The van der Waals surface area contributed by atoms with E-state index in [-0.39, 0.29) is 6.54 Å². The van der Waals surface area contributed by atoms with E-state index >= 15 is 0 Å². The van der Waals surface area contributed by atoms with E-state index in [2.05, 4.69) is 5.10 Å². The average Bonchev–Trinajstić information content (AvgIpc) is 3.11. The first-order valence-electron chi connectivity index (χ1n) is 6.84. The highest BCUT2D eigenvalue weighted by Gasteiger charge is 2.30. The van der Waals surface area contributed by atoms with Gasteiger partial charge in [-0.3, -0.25) is 4.68 Å². The second-order valence-corrected chi connectivity index (χ2v) is 8.64. The lowest BCUT2D eigenvalue weighted by molar-refractivity contribution is 0.0916. The zero-order valence-corrected chi connectivity index (χ0v) is 13.6. The third-order valence-electron chi connectivity index (χ3n) is 3.61. The summed E-state index contributed by atoms with van der Waals surface area (Å²) in [6, 6.07) is 5.06. The van der Waals surface area contributed by atoms with Gasteiger partial charge < -0.3 is 10.2 Å². The molecule has 1 aliphatic heterocycles. The zero-order chi connectivity index (χ0) is 15.9. The quantitative estimate of drug-likeness (QED) is 0.842. The number of rotatable bonds is 4. The van der Waals surface area contributed by atoms with Crippen LogP contribution in [0.25, 0.3) is 0 Å². The number of aryl methyl sites for hydroxylation is 1. The van der Waals surface area contributed by atoms with E-state index in [4.69, 9.17) is 5.11 Å². The van der Waals surface area contributed by atoms with Crippen LogP contribution in [0.2, 0.25) is 0 Å². The van der Waals surface area contributed by atoms with Crippen LogP contribution in [0.15, 0.2) is 22.4 Å². The first-order valence-corrected chi connectivity index (χ1v) is 9.09. The van der Waals surface area contributed by atoms with Gasteiger partial charge in [0, 0.05) is 11.4 Å². The fourth-order valence-corrected chi connectivity index (χ4v) is 5.24. The Morgan fingerprint density at radius 2 is 2.18 bits per heavy atom. The Hall–Kier alpha value is -1.26. The van der Waals surface area contributed by atoms with Crippen LogP contribution in [0.4, 0.5) is 0 Å². The van der Waals surface area contributed by atoms with E-state index in [1.54, 1.807) is 22.9 Å². The third-order valence-corrected chi connectivity index (χ3v) is 6.92. The molecule has 22 heavy (non-hydrogen) atoms. The van der Waals surface area contributed by atoms with Crippen molar-refractivity contribution in [1.82, 2.24) is 14.1 Å².